The SMILES string of the molecule is CC1(C)OB(c2cn(COCC[Si](C)(C)C)c3ncc(Cl)nc23)OC1(C)C. The maximum absolute atomic E-state index is 6.20. The molecule has 1 fully saturated rings. The van der Waals surface area contributed by atoms with E-state index in [9.17, 15) is 0 Å². The highest BCUT2D eigenvalue weighted by Gasteiger charge is 2.52. The van der Waals surface area contributed by atoms with Crippen molar-refractivity contribution >= 4 is 43.4 Å². The minimum absolute atomic E-state index is 0.345. The summed E-state index contributed by atoms with van der Waals surface area (Å²) in [7, 11) is -1.64. The number of hydrogen-bond donors (Lipinski definition) is 0. The minimum atomic E-state index is -1.12. The van der Waals surface area contributed by atoms with Crippen molar-refractivity contribution in [3.8, 4) is 0 Å². The molecule has 0 aliphatic carbocycles. The summed E-state index contributed by atoms with van der Waals surface area (Å²) < 4.78 is 20.3. The average molecular weight is 410 g/mol. The summed E-state index contributed by atoms with van der Waals surface area (Å²) in [4.78, 5) is 8.94. The van der Waals surface area contributed by atoms with E-state index < -0.39 is 26.4 Å². The Labute approximate surface area is 167 Å². The van der Waals surface area contributed by atoms with Gasteiger partial charge in [-0.25, -0.2) is 9.97 Å². The van der Waals surface area contributed by atoms with Gasteiger partial charge in [0.1, 0.15) is 17.4 Å². The Balaban J connectivity index is 1.87. The van der Waals surface area contributed by atoms with Crippen molar-refractivity contribution in [2.24, 2.45) is 0 Å². The van der Waals surface area contributed by atoms with Crippen LogP contribution in [0.5, 0.6) is 0 Å². The molecule has 9 heteroatoms. The van der Waals surface area contributed by atoms with Crippen LogP contribution in [0.2, 0.25) is 30.8 Å². The second-order valence-corrected chi connectivity index (χ2v) is 15.4. The van der Waals surface area contributed by atoms with Gasteiger partial charge in [-0.1, -0.05) is 31.2 Å². The highest BCUT2D eigenvalue weighted by Crippen LogP contribution is 2.37. The highest BCUT2D eigenvalue weighted by atomic mass is 35.5. The van der Waals surface area contributed by atoms with Gasteiger partial charge in [0.05, 0.1) is 17.4 Å². The molecule has 2 aromatic heterocycles. The summed E-state index contributed by atoms with van der Waals surface area (Å²) in [6.45, 7) is 16.3. The summed E-state index contributed by atoms with van der Waals surface area (Å²) >= 11 is 6.10. The molecular weight excluding hydrogens is 381 g/mol. The van der Waals surface area contributed by atoms with Crippen LogP contribution in [0.15, 0.2) is 12.4 Å². The molecule has 6 nitrogen and oxygen atoms in total. The van der Waals surface area contributed by atoms with E-state index in [-0.39, 0.29) is 0 Å². The zero-order valence-electron chi connectivity index (χ0n) is 17.3. The summed E-state index contributed by atoms with van der Waals surface area (Å²) in [6, 6.07) is 1.12. The Morgan fingerprint density at radius 3 is 2.41 bits per heavy atom. The van der Waals surface area contributed by atoms with Gasteiger partial charge in [-0.2, -0.15) is 0 Å². The molecule has 0 saturated carbocycles. The first-order valence-corrected chi connectivity index (χ1v) is 13.4. The van der Waals surface area contributed by atoms with E-state index in [1.54, 1.807) is 6.20 Å². The standard InChI is InChI=1S/C18H29BClN3O3Si/c1-17(2)18(3,4)26-19(25-17)13-11-23(12-24-8-9-27(5,6)7)16-15(13)22-14(20)10-21-16/h10-11H,8-9,12H2,1-7H3. The normalized spacial score (nSPS) is 19.2. The fourth-order valence-corrected chi connectivity index (χ4v) is 3.73. The molecule has 0 bridgehead atoms. The predicted molar refractivity (Wildman–Crippen MR) is 112 cm³/mol. The number of nitrogens with zero attached hydrogens (tertiary/aromatic N) is 3. The van der Waals surface area contributed by atoms with Crippen LogP contribution >= 0.6 is 11.6 Å². The minimum Gasteiger partial charge on any atom is -0.399 e. The summed E-state index contributed by atoms with van der Waals surface area (Å²) in [6.07, 6.45) is 3.51. The quantitative estimate of drug-likeness (QED) is 0.538. The van der Waals surface area contributed by atoms with E-state index in [2.05, 4.69) is 29.6 Å². The average Bonchev–Trinajstić information content (AvgIpc) is 2.97. The molecule has 3 heterocycles. The van der Waals surface area contributed by atoms with Gasteiger partial charge < -0.3 is 18.6 Å². The maximum Gasteiger partial charge on any atom is 0.498 e. The van der Waals surface area contributed by atoms with Crippen molar-refractivity contribution in [3.05, 3.63) is 17.5 Å². The highest BCUT2D eigenvalue weighted by molar-refractivity contribution is 6.76. The summed E-state index contributed by atoms with van der Waals surface area (Å²) in [5.41, 5.74) is 1.39. The van der Waals surface area contributed by atoms with E-state index in [0.717, 1.165) is 23.8 Å². The first-order chi connectivity index (χ1) is 12.4. The molecule has 3 rings (SSSR count). The Kier molecular flexibility index (Phi) is 5.51. The molecule has 148 valence electrons. The van der Waals surface area contributed by atoms with Crippen LogP contribution in [0.25, 0.3) is 11.2 Å². The monoisotopic (exact) mass is 409 g/mol. The van der Waals surface area contributed by atoms with Gasteiger partial charge in [0.25, 0.3) is 0 Å². The Hall–Kier alpha value is -0.928. The largest absolute Gasteiger partial charge is 0.498 e. The second kappa shape index (κ2) is 7.15. The first-order valence-electron chi connectivity index (χ1n) is 9.34. The van der Waals surface area contributed by atoms with Crippen LogP contribution in [0.3, 0.4) is 0 Å². The molecule has 0 unspecified atom stereocenters. The van der Waals surface area contributed by atoms with Crippen LogP contribution in [-0.2, 0) is 20.8 Å². The smallest absolute Gasteiger partial charge is 0.399 e. The number of fused-ring (bicyclic) bond motifs is 1. The molecule has 0 radical (unpaired) electrons. The van der Waals surface area contributed by atoms with Gasteiger partial charge in [-0.05, 0) is 33.7 Å². The molecule has 0 N–H and O–H groups in total. The van der Waals surface area contributed by atoms with Gasteiger partial charge >= 0.3 is 7.12 Å². The molecule has 0 amide bonds. The van der Waals surface area contributed by atoms with E-state index >= 15 is 0 Å². The van der Waals surface area contributed by atoms with Gasteiger partial charge in [0, 0.05) is 26.3 Å². The molecule has 0 atom stereocenters. The molecule has 0 spiro atoms. The zero-order valence-corrected chi connectivity index (χ0v) is 19.1. The molecule has 27 heavy (non-hydrogen) atoms. The van der Waals surface area contributed by atoms with Gasteiger partial charge in [-0.3, -0.25) is 0 Å². The summed E-state index contributed by atoms with van der Waals surface area (Å²) in [5, 5.41) is 0.345. The lowest BCUT2D eigenvalue weighted by Gasteiger charge is -2.32. The molecule has 1 saturated heterocycles. The lowest BCUT2D eigenvalue weighted by atomic mass is 9.80. The number of ether oxygens (including phenoxy) is 1. The van der Waals surface area contributed by atoms with E-state index in [4.69, 9.17) is 25.6 Å². The van der Waals surface area contributed by atoms with Crippen LogP contribution in [-0.4, -0.2) is 47.5 Å². The van der Waals surface area contributed by atoms with Crippen molar-refractivity contribution < 1.29 is 14.0 Å². The van der Waals surface area contributed by atoms with Crippen LogP contribution in [0, 0.1) is 0 Å². The molecule has 1 aliphatic heterocycles. The second-order valence-electron chi connectivity index (χ2n) is 9.36. The van der Waals surface area contributed by atoms with Crippen molar-refractivity contribution in [1.29, 1.82) is 0 Å². The molecular formula is C18H29BClN3O3Si. The fourth-order valence-electron chi connectivity index (χ4n) is 2.84. The third kappa shape index (κ3) is 4.40. The first kappa shape index (κ1) is 20.8. The van der Waals surface area contributed by atoms with E-state index in [0.29, 0.717) is 17.4 Å². The zero-order chi connectivity index (χ0) is 20.0. The maximum atomic E-state index is 6.20. The Morgan fingerprint density at radius 1 is 1.19 bits per heavy atom. The van der Waals surface area contributed by atoms with Crippen molar-refractivity contribution in [3.63, 3.8) is 0 Å². The van der Waals surface area contributed by atoms with Crippen LogP contribution in [0.1, 0.15) is 27.7 Å². The van der Waals surface area contributed by atoms with Crippen LogP contribution in [0.4, 0.5) is 0 Å². The topological polar surface area (TPSA) is 58.4 Å². The van der Waals surface area contributed by atoms with E-state index in [1.807, 2.05) is 38.5 Å². The lowest BCUT2D eigenvalue weighted by Crippen LogP contribution is -2.41. The van der Waals surface area contributed by atoms with Crippen molar-refractivity contribution in [2.45, 2.75) is 71.3 Å². The van der Waals surface area contributed by atoms with Gasteiger partial charge in [-0.15, -0.1) is 0 Å². The lowest BCUT2D eigenvalue weighted by molar-refractivity contribution is 0.00578. The molecule has 0 aromatic carbocycles. The third-order valence-corrected chi connectivity index (χ3v) is 7.18. The van der Waals surface area contributed by atoms with E-state index in [1.165, 1.54) is 0 Å². The number of halogens is 1. The molecule has 1 aliphatic rings. The Bertz CT molecular complexity index is 819. The predicted octanol–water partition coefficient (Wildman–Crippen LogP) is 3.70. The van der Waals surface area contributed by atoms with Gasteiger partial charge in [0.2, 0.25) is 0 Å². The number of rotatable bonds is 6. The Morgan fingerprint density at radius 2 is 1.81 bits per heavy atom. The summed E-state index contributed by atoms with van der Waals surface area (Å²) in [5.74, 6) is 0. The van der Waals surface area contributed by atoms with Gasteiger partial charge in [0.15, 0.2) is 5.65 Å². The third-order valence-electron chi connectivity index (χ3n) is 5.30. The van der Waals surface area contributed by atoms with Crippen LogP contribution < -0.4 is 5.46 Å². The number of hydrogen-bond acceptors (Lipinski definition) is 5. The molecule has 2 aromatic rings. The van der Waals surface area contributed by atoms with Crippen molar-refractivity contribution in [2.75, 3.05) is 6.61 Å². The van der Waals surface area contributed by atoms with Crippen molar-refractivity contribution in [1.82, 2.24) is 14.5 Å². The number of aromatic nitrogens is 3. The fraction of sp³-hybridized carbons (Fsp3) is 0.667.